The van der Waals surface area contributed by atoms with Gasteiger partial charge in [0.25, 0.3) is 5.79 Å². The Morgan fingerprint density at radius 1 is 1.15 bits per heavy atom. The second kappa shape index (κ2) is 3.57. The topological polar surface area (TPSA) is 215 Å². The van der Waals surface area contributed by atoms with Crippen LogP contribution >= 0.6 is 0 Å². The van der Waals surface area contributed by atoms with Crippen molar-refractivity contribution in [2.24, 2.45) is 4.99 Å². The zero-order valence-electron chi connectivity index (χ0n) is 9.40. The largest absolute Gasteiger partial charge is 0.494 e. The van der Waals surface area contributed by atoms with Crippen molar-refractivity contribution >= 4 is 12.0 Å². The van der Waals surface area contributed by atoms with E-state index in [0.717, 1.165) is 0 Å². The maximum absolute atomic E-state index is 11.0. The molecule has 9 N–H and O–H groups in total. The molecule has 2 rings (SSSR count). The quantitative estimate of drug-likeness (QED) is 0.198. The molecule has 2 unspecified atom stereocenters. The van der Waals surface area contributed by atoms with Crippen molar-refractivity contribution in [3.63, 3.8) is 0 Å². The average Bonchev–Trinajstić information content (AvgIpc) is 2.42. The fraction of sp³-hybridized carbons (Fsp3) is 0.500. The molecule has 2 atom stereocenters. The van der Waals surface area contributed by atoms with Gasteiger partial charge < -0.3 is 46.0 Å². The van der Waals surface area contributed by atoms with Crippen molar-refractivity contribution in [1.82, 2.24) is 4.90 Å². The van der Waals surface area contributed by atoms with Gasteiger partial charge in [-0.2, -0.15) is 4.99 Å². The van der Waals surface area contributed by atoms with E-state index in [1.807, 2.05) is 0 Å². The van der Waals surface area contributed by atoms with Gasteiger partial charge in [-0.15, -0.1) is 0 Å². The molecule has 2 aliphatic heterocycles. The van der Waals surface area contributed by atoms with Crippen molar-refractivity contribution in [1.29, 1.82) is 0 Å². The zero-order valence-corrected chi connectivity index (χ0v) is 9.40. The highest BCUT2D eigenvalue weighted by Gasteiger charge is 2.80. The summed E-state index contributed by atoms with van der Waals surface area (Å²) >= 11 is 0. The predicted octanol–water partition coefficient (Wildman–Crippen LogP) is -3.91. The average molecular weight is 294 g/mol. The van der Waals surface area contributed by atoms with E-state index >= 15 is 0 Å². The van der Waals surface area contributed by atoms with Crippen molar-refractivity contribution in [2.45, 2.75) is 23.4 Å². The van der Waals surface area contributed by atoms with Gasteiger partial charge in [-0.1, -0.05) is 0 Å². The molecule has 112 valence electrons. The number of amides is 1. The first kappa shape index (κ1) is 14.4. The first-order valence-electron chi connectivity index (χ1n) is 4.95. The number of hydrogen-bond donors (Lipinski definition) is 9. The van der Waals surface area contributed by atoms with E-state index in [9.17, 15) is 45.6 Å². The minimum atomic E-state index is -4.09. The second-order valence-electron chi connectivity index (χ2n) is 4.24. The van der Waals surface area contributed by atoms with Crippen LogP contribution in [0.25, 0.3) is 0 Å². The summed E-state index contributed by atoms with van der Waals surface area (Å²) in [6.07, 6.45) is -4.87. The lowest BCUT2D eigenvalue weighted by Gasteiger charge is -2.38. The Kier molecular flexibility index (Phi) is 2.58. The van der Waals surface area contributed by atoms with Gasteiger partial charge in [0.1, 0.15) is 5.70 Å². The molecule has 12 nitrogen and oxygen atoms in total. The SMILES string of the molecule is O=C(O)N1C2=C(O)N=C(O)C(O)C2(O)C(O)(O)C1(O)O. The first-order valence-corrected chi connectivity index (χ1v) is 4.95. The van der Waals surface area contributed by atoms with Crippen LogP contribution in [0.2, 0.25) is 0 Å². The lowest BCUT2D eigenvalue weighted by Crippen LogP contribution is -2.69. The molecule has 0 spiro atoms. The van der Waals surface area contributed by atoms with Gasteiger partial charge in [0.15, 0.2) is 6.10 Å². The molecule has 0 aromatic rings. The van der Waals surface area contributed by atoms with E-state index in [4.69, 9.17) is 5.11 Å². The highest BCUT2D eigenvalue weighted by Crippen LogP contribution is 2.51. The number of aliphatic imine (C=N–C) groups is 1. The van der Waals surface area contributed by atoms with Crippen LogP contribution in [0.15, 0.2) is 16.6 Å². The Bertz CT molecular complexity index is 551. The van der Waals surface area contributed by atoms with Gasteiger partial charge in [0, 0.05) is 0 Å². The smallest absolute Gasteiger partial charge is 0.416 e. The predicted molar refractivity (Wildman–Crippen MR) is 54.9 cm³/mol. The Morgan fingerprint density at radius 3 is 2.10 bits per heavy atom. The lowest BCUT2D eigenvalue weighted by atomic mass is 9.84. The summed E-state index contributed by atoms with van der Waals surface area (Å²) in [5.74, 6) is -11.0. The minimum absolute atomic E-state index is 0.610. The van der Waals surface area contributed by atoms with Gasteiger partial charge in [-0.05, 0) is 0 Å². The molecule has 0 bridgehead atoms. The fourth-order valence-corrected chi connectivity index (χ4v) is 2.13. The van der Waals surface area contributed by atoms with E-state index in [1.165, 1.54) is 0 Å². The summed E-state index contributed by atoms with van der Waals surface area (Å²) in [5, 5.41) is 85.4. The Morgan fingerprint density at radius 2 is 1.65 bits per heavy atom. The van der Waals surface area contributed by atoms with Gasteiger partial charge >= 0.3 is 12.0 Å². The number of carboxylic acid groups (broad SMARTS) is 1. The van der Waals surface area contributed by atoms with E-state index in [2.05, 4.69) is 4.99 Å². The Labute approximate surface area is 109 Å². The van der Waals surface area contributed by atoms with Gasteiger partial charge in [-0.25, -0.2) is 9.69 Å². The van der Waals surface area contributed by atoms with Crippen LogP contribution in [0, 0.1) is 0 Å². The van der Waals surface area contributed by atoms with E-state index in [0.29, 0.717) is 0 Å². The molecule has 12 heteroatoms. The lowest BCUT2D eigenvalue weighted by molar-refractivity contribution is -0.409. The standard InChI is InChI=1S/C8H10N2O10/c11-2-4(13)9-3(12)1-6(2,16)7(17,18)8(19,20)10(1)5(14)15/h2,11-12,16-20H,(H,9,13)(H,14,15). The van der Waals surface area contributed by atoms with Crippen LogP contribution in [0.4, 0.5) is 4.79 Å². The monoisotopic (exact) mass is 294 g/mol. The number of aliphatic hydroxyl groups excluding tert-OH is 3. The Balaban J connectivity index is 2.85. The normalized spacial score (nSPS) is 34.8. The highest BCUT2D eigenvalue weighted by atomic mass is 16.6. The molecule has 1 fully saturated rings. The van der Waals surface area contributed by atoms with Crippen LogP contribution in [0.3, 0.4) is 0 Å². The summed E-state index contributed by atoms with van der Waals surface area (Å²) in [4.78, 5) is 13.2. The molecule has 0 saturated carbocycles. The number of fused-ring (bicyclic) bond motifs is 1. The van der Waals surface area contributed by atoms with Gasteiger partial charge in [0.2, 0.25) is 17.4 Å². The molecule has 1 amide bonds. The van der Waals surface area contributed by atoms with E-state index < -0.39 is 51.9 Å². The maximum atomic E-state index is 11.0. The number of aliphatic hydroxyl groups is 8. The third-order valence-electron chi connectivity index (χ3n) is 3.16. The van der Waals surface area contributed by atoms with E-state index in [-0.39, 0.29) is 0 Å². The molecule has 1 saturated heterocycles. The summed E-state index contributed by atoms with van der Waals surface area (Å²) < 4.78 is 0. The molecule has 0 aliphatic carbocycles. The molecule has 2 aliphatic rings. The summed E-state index contributed by atoms with van der Waals surface area (Å²) in [6, 6.07) is 0. The zero-order chi connectivity index (χ0) is 15.7. The Hall–Kier alpha value is -1.96. The molecule has 2 heterocycles. The molecule has 0 aromatic heterocycles. The minimum Gasteiger partial charge on any atom is -0.494 e. The molecule has 20 heavy (non-hydrogen) atoms. The summed E-state index contributed by atoms with van der Waals surface area (Å²) in [7, 11) is 0. The van der Waals surface area contributed by atoms with Crippen molar-refractivity contribution in [3.8, 4) is 0 Å². The van der Waals surface area contributed by atoms with Gasteiger partial charge in [0.05, 0.1) is 0 Å². The fourth-order valence-electron chi connectivity index (χ4n) is 2.13. The third kappa shape index (κ3) is 1.24. The number of rotatable bonds is 0. The molecule has 0 aromatic carbocycles. The highest BCUT2D eigenvalue weighted by molar-refractivity contribution is 5.85. The van der Waals surface area contributed by atoms with Crippen LogP contribution < -0.4 is 0 Å². The third-order valence-corrected chi connectivity index (χ3v) is 3.16. The van der Waals surface area contributed by atoms with Crippen LogP contribution in [-0.2, 0) is 0 Å². The van der Waals surface area contributed by atoms with Crippen molar-refractivity contribution in [2.75, 3.05) is 0 Å². The van der Waals surface area contributed by atoms with Crippen molar-refractivity contribution in [3.05, 3.63) is 11.6 Å². The summed E-state index contributed by atoms with van der Waals surface area (Å²) in [6.45, 7) is 0. The van der Waals surface area contributed by atoms with Crippen LogP contribution in [0.1, 0.15) is 0 Å². The molecule has 0 radical (unpaired) electrons. The van der Waals surface area contributed by atoms with E-state index in [1.54, 1.807) is 0 Å². The van der Waals surface area contributed by atoms with Gasteiger partial charge in [-0.3, -0.25) is 0 Å². The number of nitrogens with zero attached hydrogens (tertiary/aromatic N) is 2. The summed E-state index contributed by atoms with van der Waals surface area (Å²) in [5.41, 5.74) is -4.99. The second-order valence-corrected chi connectivity index (χ2v) is 4.24. The van der Waals surface area contributed by atoms with Crippen LogP contribution in [0.5, 0.6) is 0 Å². The molecular weight excluding hydrogens is 284 g/mol. The first-order chi connectivity index (χ1) is 8.90. The van der Waals surface area contributed by atoms with Crippen molar-refractivity contribution < 1.29 is 50.8 Å². The maximum Gasteiger partial charge on any atom is 0.416 e. The number of likely N-dealkylation sites (tertiary alicyclic amines) is 1. The molecular formula is C8H10N2O10. The number of carbonyl (C=O) groups is 1. The number of hydrogen-bond acceptors (Lipinski definition) is 9. The van der Waals surface area contributed by atoms with Crippen LogP contribution in [-0.4, -0.2) is 86.3 Å².